The third-order valence-electron chi connectivity index (χ3n) is 2.86. The molecule has 1 aliphatic rings. The molecule has 1 aliphatic carbocycles. The molecule has 1 saturated carbocycles. The molecule has 1 aromatic rings. The van der Waals surface area contributed by atoms with Crippen LogP contribution in [0.2, 0.25) is 5.02 Å². The van der Waals surface area contributed by atoms with E-state index >= 15 is 0 Å². The Morgan fingerprint density at radius 1 is 1.24 bits per heavy atom. The second-order valence-corrected chi connectivity index (χ2v) is 6.76. The maximum atomic E-state index is 12.1. The Labute approximate surface area is 111 Å². The number of alkyl halides is 1. The molecule has 0 spiro atoms. The van der Waals surface area contributed by atoms with Crippen LogP contribution in [0.3, 0.4) is 0 Å². The zero-order valence-corrected chi connectivity index (χ0v) is 11.4. The highest BCUT2D eigenvalue weighted by molar-refractivity contribution is 7.89. The maximum Gasteiger partial charge on any atom is 0.242 e. The van der Waals surface area contributed by atoms with Crippen molar-refractivity contribution in [3.63, 3.8) is 0 Å². The summed E-state index contributed by atoms with van der Waals surface area (Å²) < 4.78 is 26.8. The topological polar surface area (TPSA) is 46.2 Å². The molecule has 2 unspecified atom stereocenters. The number of hydrogen-bond acceptors (Lipinski definition) is 2. The molecular weight excluding hydrogens is 281 g/mol. The van der Waals surface area contributed by atoms with E-state index in [-0.39, 0.29) is 21.3 Å². The summed E-state index contributed by atoms with van der Waals surface area (Å²) in [6, 6.07) is 6.19. The lowest BCUT2D eigenvalue weighted by molar-refractivity contribution is 0.554. The molecule has 0 aromatic heterocycles. The molecule has 0 bridgehead atoms. The molecule has 1 N–H and O–H groups in total. The molecule has 94 valence electrons. The number of hydrogen-bond donors (Lipinski definition) is 1. The minimum Gasteiger partial charge on any atom is -0.207 e. The third-order valence-corrected chi connectivity index (χ3v) is 5.38. The van der Waals surface area contributed by atoms with E-state index in [1.54, 1.807) is 18.2 Å². The van der Waals surface area contributed by atoms with E-state index in [9.17, 15) is 8.42 Å². The van der Waals surface area contributed by atoms with Crippen LogP contribution in [0.4, 0.5) is 0 Å². The summed E-state index contributed by atoms with van der Waals surface area (Å²) in [7, 11) is -3.57. The predicted octanol–water partition coefficient (Wildman–Crippen LogP) is 2.78. The molecule has 0 aliphatic heterocycles. The van der Waals surface area contributed by atoms with E-state index in [2.05, 4.69) is 4.72 Å². The van der Waals surface area contributed by atoms with Crippen molar-refractivity contribution in [3.05, 3.63) is 29.3 Å². The van der Waals surface area contributed by atoms with Gasteiger partial charge in [0.05, 0.1) is 5.02 Å². The van der Waals surface area contributed by atoms with Crippen LogP contribution < -0.4 is 4.72 Å². The lowest BCUT2D eigenvalue weighted by Crippen LogP contribution is -2.37. The van der Waals surface area contributed by atoms with E-state index in [0.29, 0.717) is 0 Å². The lowest BCUT2D eigenvalue weighted by Gasteiger charge is -2.16. The molecule has 1 aromatic carbocycles. The van der Waals surface area contributed by atoms with Crippen molar-refractivity contribution >= 4 is 33.2 Å². The van der Waals surface area contributed by atoms with Crippen molar-refractivity contribution in [1.29, 1.82) is 0 Å². The Bertz CT molecular complexity index is 504. The third kappa shape index (κ3) is 2.94. The first-order valence-electron chi connectivity index (χ1n) is 5.41. The number of benzene rings is 1. The fraction of sp³-hybridized carbons (Fsp3) is 0.455. The lowest BCUT2D eigenvalue weighted by atomic mass is 10.3. The van der Waals surface area contributed by atoms with Crippen molar-refractivity contribution in [1.82, 2.24) is 4.72 Å². The Hall–Kier alpha value is -0.290. The second kappa shape index (κ2) is 5.14. The number of nitrogens with one attached hydrogen (secondary N) is 1. The van der Waals surface area contributed by atoms with Gasteiger partial charge in [0.25, 0.3) is 0 Å². The van der Waals surface area contributed by atoms with Gasteiger partial charge in [-0.25, -0.2) is 13.1 Å². The Kier molecular flexibility index (Phi) is 3.98. The molecule has 0 radical (unpaired) electrons. The summed E-state index contributed by atoms with van der Waals surface area (Å²) >= 11 is 11.9. The average molecular weight is 294 g/mol. The quantitative estimate of drug-likeness (QED) is 0.871. The highest BCUT2D eigenvalue weighted by atomic mass is 35.5. The molecule has 2 atom stereocenters. The van der Waals surface area contributed by atoms with Gasteiger partial charge in [-0.2, -0.15) is 0 Å². The summed E-state index contributed by atoms with van der Waals surface area (Å²) in [6.07, 6.45) is 2.57. The monoisotopic (exact) mass is 293 g/mol. The van der Waals surface area contributed by atoms with Gasteiger partial charge in [0.15, 0.2) is 0 Å². The first kappa shape index (κ1) is 13.1. The van der Waals surface area contributed by atoms with Crippen LogP contribution in [0.15, 0.2) is 29.2 Å². The van der Waals surface area contributed by atoms with E-state index < -0.39 is 10.0 Å². The van der Waals surface area contributed by atoms with Crippen molar-refractivity contribution < 1.29 is 8.42 Å². The highest BCUT2D eigenvalue weighted by Gasteiger charge is 2.30. The maximum absolute atomic E-state index is 12.1. The second-order valence-electron chi connectivity index (χ2n) is 4.11. The Balaban J connectivity index is 2.22. The van der Waals surface area contributed by atoms with Crippen LogP contribution >= 0.6 is 23.2 Å². The Morgan fingerprint density at radius 2 is 1.94 bits per heavy atom. The summed E-state index contributed by atoms with van der Waals surface area (Å²) in [5.41, 5.74) is 0. The van der Waals surface area contributed by atoms with Gasteiger partial charge in [-0.3, -0.25) is 0 Å². The standard InChI is InChI=1S/C11H13Cl2NO2S/c12-8-5-3-6-10(8)14-17(15,16)11-7-2-1-4-9(11)13/h1-2,4,7-8,10,14H,3,5-6H2. The van der Waals surface area contributed by atoms with Gasteiger partial charge in [0.2, 0.25) is 10.0 Å². The fourth-order valence-corrected chi connectivity index (χ4v) is 4.22. The Morgan fingerprint density at radius 3 is 2.53 bits per heavy atom. The first-order valence-corrected chi connectivity index (χ1v) is 7.71. The molecule has 0 heterocycles. The summed E-state index contributed by atoms with van der Waals surface area (Å²) in [4.78, 5) is 0.109. The smallest absolute Gasteiger partial charge is 0.207 e. The largest absolute Gasteiger partial charge is 0.242 e. The van der Waals surface area contributed by atoms with Gasteiger partial charge in [-0.15, -0.1) is 11.6 Å². The van der Waals surface area contributed by atoms with E-state index in [4.69, 9.17) is 23.2 Å². The van der Waals surface area contributed by atoms with Gasteiger partial charge < -0.3 is 0 Å². The van der Waals surface area contributed by atoms with Crippen LogP contribution in [0.25, 0.3) is 0 Å². The molecule has 3 nitrogen and oxygen atoms in total. The van der Waals surface area contributed by atoms with Crippen LogP contribution in [-0.2, 0) is 10.0 Å². The van der Waals surface area contributed by atoms with Crippen molar-refractivity contribution in [2.24, 2.45) is 0 Å². The number of sulfonamides is 1. The molecule has 1 fully saturated rings. The fourth-order valence-electron chi connectivity index (χ4n) is 1.97. The van der Waals surface area contributed by atoms with Crippen LogP contribution in [0.1, 0.15) is 19.3 Å². The van der Waals surface area contributed by atoms with Crippen molar-refractivity contribution in [2.45, 2.75) is 35.6 Å². The normalized spacial score (nSPS) is 25.1. The van der Waals surface area contributed by atoms with Gasteiger partial charge >= 0.3 is 0 Å². The number of halogens is 2. The molecule has 0 saturated heterocycles. The molecular formula is C11H13Cl2NO2S. The highest BCUT2D eigenvalue weighted by Crippen LogP contribution is 2.27. The van der Waals surface area contributed by atoms with E-state index in [1.165, 1.54) is 6.07 Å². The van der Waals surface area contributed by atoms with Crippen LogP contribution in [0, 0.1) is 0 Å². The van der Waals surface area contributed by atoms with Gasteiger partial charge in [-0.05, 0) is 25.0 Å². The minimum atomic E-state index is -3.57. The number of rotatable bonds is 3. The van der Waals surface area contributed by atoms with Crippen molar-refractivity contribution in [2.75, 3.05) is 0 Å². The average Bonchev–Trinajstić information content (AvgIpc) is 2.64. The molecule has 2 rings (SSSR count). The van der Waals surface area contributed by atoms with Gasteiger partial charge in [0.1, 0.15) is 4.90 Å². The van der Waals surface area contributed by atoms with Gasteiger partial charge in [0, 0.05) is 11.4 Å². The zero-order valence-electron chi connectivity index (χ0n) is 9.07. The summed E-state index contributed by atoms with van der Waals surface area (Å²) in [5, 5.41) is 0.0939. The van der Waals surface area contributed by atoms with E-state index in [0.717, 1.165) is 19.3 Å². The molecule has 6 heteroatoms. The van der Waals surface area contributed by atoms with Gasteiger partial charge in [-0.1, -0.05) is 30.2 Å². The SMILES string of the molecule is O=S(=O)(NC1CCCC1Cl)c1ccccc1Cl. The summed E-state index contributed by atoms with van der Waals surface area (Å²) in [6.45, 7) is 0. The summed E-state index contributed by atoms with van der Waals surface area (Å²) in [5.74, 6) is 0. The molecule has 17 heavy (non-hydrogen) atoms. The van der Waals surface area contributed by atoms with Crippen molar-refractivity contribution in [3.8, 4) is 0 Å². The predicted molar refractivity (Wildman–Crippen MR) is 69.1 cm³/mol. The van der Waals surface area contributed by atoms with Crippen LogP contribution in [0.5, 0.6) is 0 Å². The zero-order chi connectivity index (χ0) is 12.5. The minimum absolute atomic E-state index is 0.109. The first-order chi connectivity index (χ1) is 8.00. The van der Waals surface area contributed by atoms with Crippen LogP contribution in [-0.4, -0.2) is 19.8 Å². The van der Waals surface area contributed by atoms with E-state index in [1.807, 2.05) is 0 Å². The molecule has 0 amide bonds.